The fraction of sp³-hybridized carbons (Fsp3) is 0.286. The number of carbonyl (C=O) groups excluding carboxylic acids is 2. The van der Waals surface area contributed by atoms with Gasteiger partial charge >= 0.3 is 0 Å². The summed E-state index contributed by atoms with van der Waals surface area (Å²) in [5.41, 5.74) is 2.68. The molecule has 3 aromatic carbocycles. The normalized spacial score (nSPS) is 13.1. The maximum absolute atomic E-state index is 13.1. The summed E-state index contributed by atoms with van der Waals surface area (Å²) in [7, 11) is 6.21. The van der Waals surface area contributed by atoms with Gasteiger partial charge in [0.25, 0.3) is 11.8 Å². The van der Waals surface area contributed by atoms with Crippen LogP contribution in [0.4, 0.5) is 11.4 Å². The number of nitrogens with zero attached hydrogens (tertiary/aromatic N) is 2. The standard InChI is InChI=1S/C28H31N3O6/c1-34-23-13-19(14-24(17-23)35-2)27(32)29-21-5-7-22(8-6-21)30-9-11-31(12-10-30)28(33)20-15-25(36-3)18-26(16-20)37-4/h5-8,13-18H,9-12H2,1-4H3,(H,29,32). The molecule has 0 spiro atoms. The van der Waals surface area contributed by atoms with Crippen LogP contribution in [0.3, 0.4) is 0 Å². The Bertz CT molecular complexity index is 1210. The van der Waals surface area contributed by atoms with Crippen molar-refractivity contribution in [1.82, 2.24) is 4.90 Å². The van der Waals surface area contributed by atoms with Crippen LogP contribution < -0.4 is 29.2 Å². The highest BCUT2D eigenvalue weighted by molar-refractivity contribution is 6.04. The minimum Gasteiger partial charge on any atom is -0.497 e. The van der Waals surface area contributed by atoms with Crippen LogP contribution in [0.25, 0.3) is 0 Å². The number of carbonyl (C=O) groups is 2. The summed E-state index contributed by atoms with van der Waals surface area (Å²) in [5, 5.41) is 2.91. The number of rotatable bonds is 8. The lowest BCUT2D eigenvalue weighted by molar-refractivity contribution is 0.0746. The third kappa shape index (κ3) is 6.06. The molecule has 0 saturated carbocycles. The van der Waals surface area contributed by atoms with Crippen LogP contribution in [-0.2, 0) is 0 Å². The fourth-order valence-corrected chi connectivity index (χ4v) is 4.18. The van der Waals surface area contributed by atoms with Crippen molar-refractivity contribution in [3.8, 4) is 23.0 Å². The average Bonchev–Trinajstić information content (AvgIpc) is 2.96. The molecule has 9 nitrogen and oxygen atoms in total. The van der Waals surface area contributed by atoms with Crippen molar-refractivity contribution in [2.24, 2.45) is 0 Å². The van der Waals surface area contributed by atoms with Crippen LogP contribution >= 0.6 is 0 Å². The minimum absolute atomic E-state index is 0.0518. The van der Waals surface area contributed by atoms with Gasteiger partial charge in [0, 0.05) is 60.8 Å². The maximum atomic E-state index is 13.1. The van der Waals surface area contributed by atoms with Gasteiger partial charge in [-0.3, -0.25) is 9.59 Å². The van der Waals surface area contributed by atoms with E-state index >= 15 is 0 Å². The van der Waals surface area contributed by atoms with Crippen molar-refractivity contribution in [1.29, 1.82) is 0 Å². The van der Waals surface area contributed by atoms with Crippen LogP contribution in [0.5, 0.6) is 23.0 Å². The van der Waals surface area contributed by atoms with Gasteiger partial charge in [-0.1, -0.05) is 0 Å². The van der Waals surface area contributed by atoms with Crippen molar-refractivity contribution in [3.63, 3.8) is 0 Å². The lowest BCUT2D eigenvalue weighted by atomic mass is 10.1. The molecule has 1 heterocycles. The van der Waals surface area contributed by atoms with Crippen LogP contribution in [0, 0.1) is 0 Å². The largest absolute Gasteiger partial charge is 0.497 e. The molecule has 0 aliphatic carbocycles. The Morgan fingerprint density at radius 3 is 1.57 bits per heavy atom. The molecule has 0 aromatic heterocycles. The van der Waals surface area contributed by atoms with E-state index in [9.17, 15) is 9.59 Å². The summed E-state index contributed by atoms with van der Waals surface area (Å²) < 4.78 is 21.1. The molecule has 194 valence electrons. The van der Waals surface area contributed by atoms with Crippen molar-refractivity contribution in [2.45, 2.75) is 0 Å². The molecule has 2 amide bonds. The Hall–Kier alpha value is -4.40. The molecule has 3 aromatic rings. The number of nitrogens with one attached hydrogen (secondary N) is 1. The molecule has 37 heavy (non-hydrogen) atoms. The van der Waals surface area contributed by atoms with Crippen LogP contribution in [0.1, 0.15) is 20.7 Å². The summed E-state index contributed by atoms with van der Waals surface area (Å²) in [4.78, 5) is 29.9. The third-order valence-electron chi connectivity index (χ3n) is 6.27. The van der Waals surface area contributed by atoms with Crippen molar-refractivity contribution < 1.29 is 28.5 Å². The number of anilines is 2. The minimum atomic E-state index is -0.258. The van der Waals surface area contributed by atoms with Crippen LogP contribution in [0.15, 0.2) is 60.7 Å². The van der Waals surface area contributed by atoms with Crippen molar-refractivity contribution >= 4 is 23.2 Å². The van der Waals surface area contributed by atoms with E-state index < -0.39 is 0 Å². The number of methoxy groups -OCH3 is 4. The summed E-state index contributed by atoms with van der Waals surface area (Å²) in [6, 6.07) is 17.9. The lowest BCUT2D eigenvalue weighted by Crippen LogP contribution is -2.48. The van der Waals surface area contributed by atoms with E-state index in [2.05, 4.69) is 10.2 Å². The van der Waals surface area contributed by atoms with E-state index in [1.165, 1.54) is 0 Å². The Morgan fingerprint density at radius 1 is 0.649 bits per heavy atom. The van der Waals surface area contributed by atoms with Crippen molar-refractivity contribution in [2.75, 3.05) is 64.8 Å². The molecule has 9 heteroatoms. The van der Waals surface area contributed by atoms with E-state index in [4.69, 9.17) is 18.9 Å². The first kappa shape index (κ1) is 25.7. The number of amides is 2. The predicted octanol–water partition coefficient (Wildman–Crippen LogP) is 3.94. The second kappa shape index (κ2) is 11.6. The quantitative estimate of drug-likeness (QED) is 0.496. The van der Waals surface area contributed by atoms with Gasteiger partial charge in [-0.2, -0.15) is 0 Å². The van der Waals surface area contributed by atoms with Crippen LogP contribution in [-0.4, -0.2) is 71.3 Å². The van der Waals surface area contributed by atoms with Gasteiger partial charge < -0.3 is 34.1 Å². The van der Waals surface area contributed by atoms with E-state index in [1.807, 2.05) is 29.2 Å². The summed E-state index contributed by atoms with van der Waals surface area (Å²) in [6.07, 6.45) is 0. The first-order valence-electron chi connectivity index (χ1n) is 11.9. The summed E-state index contributed by atoms with van der Waals surface area (Å²) >= 11 is 0. The highest BCUT2D eigenvalue weighted by atomic mass is 16.5. The Morgan fingerprint density at radius 2 is 1.11 bits per heavy atom. The topological polar surface area (TPSA) is 89.6 Å². The summed E-state index contributed by atoms with van der Waals surface area (Å²) in [5.74, 6) is 1.94. The fourth-order valence-electron chi connectivity index (χ4n) is 4.18. The molecule has 1 aliphatic heterocycles. The number of hydrogen-bond donors (Lipinski definition) is 1. The average molecular weight is 506 g/mol. The highest BCUT2D eigenvalue weighted by Gasteiger charge is 2.23. The molecule has 1 aliphatic rings. The van der Waals surface area contributed by atoms with Gasteiger partial charge in [-0.05, 0) is 48.5 Å². The molecule has 1 fully saturated rings. The number of ether oxygens (including phenoxy) is 4. The molecular formula is C28H31N3O6. The summed E-state index contributed by atoms with van der Waals surface area (Å²) in [6.45, 7) is 2.58. The molecule has 0 bridgehead atoms. The number of hydrogen-bond acceptors (Lipinski definition) is 7. The zero-order valence-corrected chi connectivity index (χ0v) is 21.4. The zero-order valence-electron chi connectivity index (χ0n) is 21.4. The molecule has 0 atom stereocenters. The van der Waals surface area contributed by atoms with Crippen LogP contribution in [0.2, 0.25) is 0 Å². The first-order valence-corrected chi connectivity index (χ1v) is 11.9. The first-order chi connectivity index (χ1) is 17.9. The molecule has 0 unspecified atom stereocenters. The van der Waals surface area contributed by atoms with Crippen molar-refractivity contribution in [3.05, 3.63) is 71.8 Å². The predicted molar refractivity (Wildman–Crippen MR) is 142 cm³/mol. The Balaban J connectivity index is 1.36. The third-order valence-corrected chi connectivity index (χ3v) is 6.27. The SMILES string of the molecule is COc1cc(OC)cc(C(=O)Nc2ccc(N3CCN(C(=O)c4cc(OC)cc(OC)c4)CC3)cc2)c1. The molecule has 4 rings (SSSR count). The van der Waals surface area contributed by atoms with Gasteiger partial charge in [0.2, 0.25) is 0 Å². The molecule has 1 N–H and O–H groups in total. The zero-order chi connectivity index (χ0) is 26.4. The van der Waals surface area contributed by atoms with Gasteiger partial charge in [-0.15, -0.1) is 0 Å². The smallest absolute Gasteiger partial charge is 0.255 e. The van der Waals surface area contributed by atoms with E-state index in [1.54, 1.807) is 64.8 Å². The van der Waals surface area contributed by atoms with E-state index in [0.717, 1.165) is 5.69 Å². The Labute approximate surface area is 216 Å². The van der Waals surface area contributed by atoms with Gasteiger partial charge in [0.15, 0.2) is 0 Å². The van der Waals surface area contributed by atoms with Gasteiger partial charge in [0.1, 0.15) is 23.0 Å². The van der Waals surface area contributed by atoms with Gasteiger partial charge in [0.05, 0.1) is 28.4 Å². The second-order valence-electron chi connectivity index (χ2n) is 8.48. The molecular weight excluding hydrogens is 474 g/mol. The van der Waals surface area contributed by atoms with Gasteiger partial charge in [-0.25, -0.2) is 0 Å². The number of piperazine rings is 1. The molecule has 1 saturated heterocycles. The second-order valence-corrected chi connectivity index (χ2v) is 8.48. The Kier molecular flexibility index (Phi) is 8.02. The molecule has 0 radical (unpaired) electrons. The maximum Gasteiger partial charge on any atom is 0.255 e. The number of benzene rings is 3. The van der Waals surface area contributed by atoms with E-state index in [-0.39, 0.29) is 11.8 Å². The lowest BCUT2D eigenvalue weighted by Gasteiger charge is -2.36. The monoisotopic (exact) mass is 505 g/mol. The highest BCUT2D eigenvalue weighted by Crippen LogP contribution is 2.26. The van der Waals surface area contributed by atoms with E-state index in [0.29, 0.717) is 66.0 Å².